The van der Waals surface area contributed by atoms with E-state index in [1.807, 2.05) is 32.9 Å². The van der Waals surface area contributed by atoms with Crippen molar-refractivity contribution >= 4 is 17.5 Å². The highest BCUT2D eigenvalue weighted by Gasteiger charge is 2.24. The van der Waals surface area contributed by atoms with Gasteiger partial charge in [0.1, 0.15) is 0 Å². The predicted octanol–water partition coefficient (Wildman–Crippen LogP) is 3.34. The van der Waals surface area contributed by atoms with Crippen molar-refractivity contribution in [2.75, 3.05) is 5.32 Å². The maximum atomic E-state index is 12.3. The van der Waals surface area contributed by atoms with Gasteiger partial charge in [-0.05, 0) is 45.7 Å². The molecule has 0 saturated heterocycles. The zero-order chi connectivity index (χ0) is 15.5. The minimum Gasteiger partial charge on any atom is -0.347 e. The number of amides is 2. The molecule has 0 unspecified atom stereocenters. The van der Waals surface area contributed by atoms with E-state index in [1.54, 1.807) is 12.1 Å². The average molecular weight is 288 g/mol. The van der Waals surface area contributed by atoms with Gasteiger partial charge in [0.15, 0.2) is 0 Å². The van der Waals surface area contributed by atoms with Crippen LogP contribution in [0.25, 0.3) is 0 Å². The number of benzene rings is 1. The molecule has 4 heteroatoms. The summed E-state index contributed by atoms with van der Waals surface area (Å²) >= 11 is 0. The average Bonchev–Trinajstić information content (AvgIpc) is 2.91. The molecule has 2 amide bonds. The van der Waals surface area contributed by atoms with E-state index in [9.17, 15) is 9.59 Å². The summed E-state index contributed by atoms with van der Waals surface area (Å²) in [6, 6.07) is 7.16. The van der Waals surface area contributed by atoms with Gasteiger partial charge in [0.05, 0.1) is 11.3 Å². The number of anilines is 1. The van der Waals surface area contributed by atoms with Crippen LogP contribution < -0.4 is 10.6 Å². The molecule has 0 spiro atoms. The van der Waals surface area contributed by atoms with Crippen LogP contribution in [-0.4, -0.2) is 17.4 Å². The highest BCUT2D eigenvalue weighted by atomic mass is 16.2. The highest BCUT2D eigenvalue weighted by Crippen LogP contribution is 2.26. The van der Waals surface area contributed by atoms with Crippen LogP contribution in [0, 0.1) is 5.92 Å². The Morgan fingerprint density at radius 1 is 1.10 bits per heavy atom. The third-order valence-electron chi connectivity index (χ3n) is 3.64. The summed E-state index contributed by atoms with van der Waals surface area (Å²) in [5, 5.41) is 5.85. The standard InChI is InChI=1S/C17H24N2O2/c1-17(2,3)19-16(21)13-10-6-7-11-14(13)18-15(20)12-8-4-5-9-12/h6-7,10-12H,4-5,8-9H2,1-3H3,(H,18,20)(H,19,21). The SMILES string of the molecule is CC(C)(C)NC(=O)c1ccccc1NC(=O)C1CCCC1. The molecule has 1 saturated carbocycles. The fraction of sp³-hybridized carbons (Fsp3) is 0.529. The molecule has 1 aliphatic rings. The van der Waals surface area contributed by atoms with E-state index in [0.29, 0.717) is 11.3 Å². The largest absolute Gasteiger partial charge is 0.347 e. The Hall–Kier alpha value is -1.84. The van der Waals surface area contributed by atoms with Crippen molar-refractivity contribution in [3.05, 3.63) is 29.8 Å². The van der Waals surface area contributed by atoms with Crippen LogP contribution >= 0.6 is 0 Å². The van der Waals surface area contributed by atoms with Gasteiger partial charge in [-0.15, -0.1) is 0 Å². The molecule has 0 aliphatic heterocycles. The van der Waals surface area contributed by atoms with E-state index in [-0.39, 0.29) is 23.3 Å². The topological polar surface area (TPSA) is 58.2 Å². The number of rotatable bonds is 3. The van der Waals surface area contributed by atoms with Crippen LogP contribution in [0.1, 0.15) is 56.8 Å². The molecule has 4 nitrogen and oxygen atoms in total. The molecule has 1 aromatic rings. The number of hydrogen-bond donors (Lipinski definition) is 2. The first-order valence-electron chi connectivity index (χ1n) is 7.59. The minimum absolute atomic E-state index is 0.0310. The Kier molecular flexibility index (Phi) is 4.66. The Morgan fingerprint density at radius 2 is 1.71 bits per heavy atom. The van der Waals surface area contributed by atoms with Crippen molar-refractivity contribution in [1.29, 1.82) is 0 Å². The normalized spacial score (nSPS) is 15.8. The lowest BCUT2D eigenvalue weighted by molar-refractivity contribution is -0.119. The molecule has 0 heterocycles. The highest BCUT2D eigenvalue weighted by molar-refractivity contribution is 6.04. The molecule has 2 rings (SSSR count). The quantitative estimate of drug-likeness (QED) is 0.896. The zero-order valence-electron chi connectivity index (χ0n) is 13.0. The maximum Gasteiger partial charge on any atom is 0.253 e. The fourth-order valence-corrected chi connectivity index (χ4v) is 2.62. The van der Waals surface area contributed by atoms with Gasteiger partial charge in [-0.2, -0.15) is 0 Å². The van der Waals surface area contributed by atoms with Gasteiger partial charge in [0.25, 0.3) is 5.91 Å². The van der Waals surface area contributed by atoms with Crippen LogP contribution in [0.3, 0.4) is 0 Å². The Balaban J connectivity index is 2.13. The third kappa shape index (κ3) is 4.31. The van der Waals surface area contributed by atoms with E-state index in [1.165, 1.54) is 0 Å². The molecule has 1 aromatic carbocycles. The van der Waals surface area contributed by atoms with Crippen LogP contribution in [-0.2, 0) is 4.79 Å². The lowest BCUT2D eigenvalue weighted by Gasteiger charge is -2.22. The first-order chi connectivity index (χ1) is 9.87. The first-order valence-corrected chi connectivity index (χ1v) is 7.59. The summed E-state index contributed by atoms with van der Waals surface area (Å²) in [6.45, 7) is 5.81. The van der Waals surface area contributed by atoms with Gasteiger partial charge in [-0.1, -0.05) is 25.0 Å². The smallest absolute Gasteiger partial charge is 0.253 e. The lowest BCUT2D eigenvalue weighted by Crippen LogP contribution is -2.41. The monoisotopic (exact) mass is 288 g/mol. The van der Waals surface area contributed by atoms with Crippen molar-refractivity contribution in [2.24, 2.45) is 5.92 Å². The van der Waals surface area contributed by atoms with E-state index in [4.69, 9.17) is 0 Å². The van der Waals surface area contributed by atoms with Crippen molar-refractivity contribution in [1.82, 2.24) is 5.32 Å². The van der Waals surface area contributed by atoms with E-state index in [2.05, 4.69) is 10.6 Å². The second-order valence-corrected chi connectivity index (χ2v) is 6.72. The lowest BCUT2D eigenvalue weighted by atomic mass is 10.1. The summed E-state index contributed by atoms with van der Waals surface area (Å²) in [7, 11) is 0. The van der Waals surface area contributed by atoms with Gasteiger partial charge in [0.2, 0.25) is 5.91 Å². The molecule has 1 fully saturated rings. The summed E-state index contributed by atoms with van der Waals surface area (Å²) in [6.07, 6.45) is 4.12. The van der Waals surface area contributed by atoms with Gasteiger partial charge in [0, 0.05) is 11.5 Å². The van der Waals surface area contributed by atoms with Gasteiger partial charge >= 0.3 is 0 Å². The molecule has 21 heavy (non-hydrogen) atoms. The van der Waals surface area contributed by atoms with Crippen LogP contribution in [0.2, 0.25) is 0 Å². The van der Waals surface area contributed by atoms with Gasteiger partial charge < -0.3 is 10.6 Å². The maximum absolute atomic E-state index is 12.3. The van der Waals surface area contributed by atoms with Gasteiger partial charge in [-0.3, -0.25) is 9.59 Å². The summed E-state index contributed by atoms with van der Waals surface area (Å²) in [4.78, 5) is 24.6. The molecule has 1 aliphatic carbocycles. The number of nitrogens with one attached hydrogen (secondary N) is 2. The Morgan fingerprint density at radius 3 is 2.33 bits per heavy atom. The first kappa shape index (κ1) is 15.5. The van der Waals surface area contributed by atoms with Crippen LogP contribution in [0.5, 0.6) is 0 Å². The molecular weight excluding hydrogens is 264 g/mol. The van der Waals surface area contributed by atoms with Crippen molar-refractivity contribution in [3.63, 3.8) is 0 Å². The van der Waals surface area contributed by atoms with E-state index >= 15 is 0 Å². The summed E-state index contributed by atoms with van der Waals surface area (Å²) < 4.78 is 0. The zero-order valence-corrected chi connectivity index (χ0v) is 13.0. The van der Waals surface area contributed by atoms with Crippen molar-refractivity contribution in [3.8, 4) is 0 Å². The second kappa shape index (κ2) is 6.29. The number of carbonyl (C=O) groups excluding carboxylic acids is 2. The van der Waals surface area contributed by atoms with Crippen LogP contribution in [0.15, 0.2) is 24.3 Å². The fourth-order valence-electron chi connectivity index (χ4n) is 2.62. The molecular formula is C17H24N2O2. The predicted molar refractivity (Wildman–Crippen MR) is 84.2 cm³/mol. The van der Waals surface area contributed by atoms with Gasteiger partial charge in [-0.25, -0.2) is 0 Å². The number of hydrogen-bond acceptors (Lipinski definition) is 2. The van der Waals surface area contributed by atoms with E-state index < -0.39 is 0 Å². The Labute approximate surface area is 126 Å². The molecule has 2 N–H and O–H groups in total. The van der Waals surface area contributed by atoms with Crippen molar-refractivity contribution < 1.29 is 9.59 Å². The molecule has 0 aromatic heterocycles. The Bertz CT molecular complexity index is 526. The molecule has 0 bridgehead atoms. The minimum atomic E-state index is -0.306. The number of carbonyl (C=O) groups is 2. The molecule has 0 radical (unpaired) electrons. The second-order valence-electron chi connectivity index (χ2n) is 6.72. The summed E-state index contributed by atoms with van der Waals surface area (Å²) in [5.74, 6) is -0.0444. The van der Waals surface area contributed by atoms with Crippen molar-refractivity contribution in [2.45, 2.75) is 52.0 Å². The summed E-state index contributed by atoms with van der Waals surface area (Å²) in [5.41, 5.74) is 0.801. The number of para-hydroxylation sites is 1. The van der Waals surface area contributed by atoms with Crippen LogP contribution in [0.4, 0.5) is 5.69 Å². The molecule has 0 atom stereocenters. The third-order valence-corrected chi connectivity index (χ3v) is 3.64. The van der Waals surface area contributed by atoms with E-state index in [0.717, 1.165) is 25.7 Å². The molecule has 114 valence electrons.